The van der Waals surface area contributed by atoms with Crippen molar-refractivity contribution < 1.29 is 14.6 Å². The highest BCUT2D eigenvalue weighted by Crippen LogP contribution is 2.14. The van der Waals surface area contributed by atoms with Crippen molar-refractivity contribution in [3.05, 3.63) is 0 Å². The van der Waals surface area contributed by atoms with Crippen LogP contribution in [0, 0.1) is 0 Å². The highest BCUT2D eigenvalue weighted by atomic mass is 16.7. The Labute approximate surface area is 105 Å². The van der Waals surface area contributed by atoms with E-state index in [1.165, 1.54) is 4.90 Å². The molecule has 1 heterocycles. The quantitative estimate of drug-likeness (QED) is 0.534. The van der Waals surface area contributed by atoms with Crippen LogP contribution in [0.3, 0.4) is 0 Å². The Morgan fingerprint density at radius 2 is 1.61 bits per heavy atom. The molecule has 0 fully saturated rings. The van der Waals surface area contributed by atoms with E-state index in [0.717, 1.165) is 0 Å². The lowest BCUT2D eigenvalue weighted by Crippen LogP contribution is -2.41. The lowest BCUT2D eigenvalue weighted by molar-refractivity contribution is -0.142. The second kappa shape index (κ2) is 6.89. The predicted molar refractivity (Wildman–Crippen MR) is 65.3 cm³/mol. The molecular formula is C9H18N6O3. The maximum absolute atomic E-state index is 9.37. The normalized spacial score (nSPS) is 10.9. The molecule has 0 saturated heterocycles. The SMILES string of the molecule is CCOC(OCC)N(CO)c1nc(N)nc(N)n1. The minimum Gasteiger partial charge on any atom is -0.376 e. The molecule has 1 rings (SSSR count). The first-order chi connectivity index (χ1) is 8.62. The van der Waals surface area contributed by atoms with E-state index in [4.69, 9.17) is 20.9 Å². The van der Waals surface area contributed by atoms with Crippen LogP contribution in [0.15, 0.2) is 0 Å². The summed E-state index contributed by atoms with van der Waals surface area (Å²) in [5.74, 6) is 0.0137. The number of nitrogens with zero attached hydrogens (tertiary/aromatic N) is 4. The first kappa shape index (κ1) is 14.4. The zero-order valence-electron chi connectivity index (χ0n) is 10.4. The second-order valence-corrected chi connectivity index (χ2v) is 3.18. The van der Waals surface area contributed by atoms with Gasteiger partial charge in [0.15, 0.2) is 0 Å². The molecule has 102 valence electrons. The van der Waals surface area contributed by atoms with Gasteiger partial charge < -0.3 is 26.0 Å². The fraction of sp³-hybridized carbons (Fsp3) is 0.667. The molecule has 0 saturated carbocycles. The Hall–Kier alpha value is -1.71. The topological polar surface area (TPSA) is 133 Å². The number of hydrogen-bond acceptors (Lipinski definition) is 9. The van der Waals surface area contributed by atoms with Crippen LogP contribution in [0.4, 0.5) is 17.8 Å². The number of ether oxygens (including phenoxy) is 2. The van der Waals surface area contributed by atoms with E-state index in [9.17, 15) is 5.11 Å². The fourth-order valence-corrected chi connectivity index (χ4v) is 1.26. The van der Waals surface area contributed by atoms with Crippen molar-refractivity contribution in [3.63, 3.8) is 0 Å². The summed E-state index contributed by atoms with van der Waals surface area (Å²) in [5, 5.41) is 9.37. The number of anilines is 3. The first-order valence-corrected chi connectivity index (χ1v) is 5.50. The molecule has 0 aliphatic rings. The van der Waals surface area contributed by atoms with E-state index in [0.29, 0.717) is 13.2 Å². The summed E-state index contributed by atoms with van der Waals surface area (Å²) in [6.45, 7) is 4.00. The lowest BCUT2D eigenvalue weighted by atomic mass is 10.7. The van der Waals surface area contributed by atoms with Crippen LogP contribution in [0.5, 0.6) is 0 Å². The molecule has 0 aromatic carbocycles. The zero-order valence-corrected chi connectivity index (χ0v) is 10.4. The molecule has 1 aromatic heterocycles. The zero-order chi connectivity index (χ0) is 13.5. The van der Waals surface area contributed by atoms with Gasteiger partial charge in [-0.15, -0.1) is 0 Å². The third-order valence-electron chi connectivity index (χ3n) is 1.94. The van der Waals surface area contributed by atoms with Crippen molar-refractivity contribution in [2.75, 3.05) is 36.3 Å². The maximum Gasteiger partial charge on any atom is 0.244 e. The van der Waals surface area contributed by atoms with Gasteiger partial charge in [0, 0.05) is 13.2 Å². The van der Waals surface area contributed by atoms with Crippen LogP contribution in [-0.4, -0.2) is 46.4 Å². The molecule has 9 nitrogen and oxygen atoms in total. The highest BCUT2D eigenvalue weighted by molar-refractivity contribution is 5.39. The van der Waals surface area contributed by atoms with Crippen LogP contribution >= 0.6 is 0 Å². The van der Waals surface area contributed by atoms with Gasteiger partial charge in [0.05, 0.1) is 0 Å². The van der Waals surface area contributed by atoms with Crippen molar-refractivity contribution >= 4 is 17.8 Å². The number of aromatic nitrogens is 3. The minimum atomic E-state index is -0.814. The van der Waals surface area contributed by atoms with Gasteiger partial charge in [-0.1, -0.05) is 0 Å². The van der Waals surface area contributed by atoms with Gasteiger partial charge in [0.25, 0.3) is 0 Å². The Morgan fingerprint density at radius 3 is 2.00 bits per heavy atom. The van der Waals surface area contributed by atoms with E-state index in [-0.39, 0.29) is 17.8 Å². The number of aliphatic hydroxyl groups excluding tert-OH is 1. The molecule has 0 atom stereocenters. The first-order valence-electron chi connectivity index (χ1n) is 5.50. The molecule has 0 unspecified atom stereocenters. The van der Waals surface area contributed by atoms with E-state index < -0.39 is 13.1 Å². The van der Waals surface area contributed by atoms with Gasteiger partial charge in [0.1, 0.15) is 6.73 Å². The van der Waals surface area contributed by atoms with Crippen LogP contribution in [0.2, 0.25) is 0 Å². The highest BCUT2D eigenvalue weighted by Gasteiger charge is 2.22. The Balaban J connectivity index is 2.97. The summed E-state index contributed by atoms with van der Waals surface area (Å²) in [7, 11) is 0. The number of nitrogen functional groups attached to an aromatic ring is 2. The van der Waals surface area contributed by atoms with Gasteiger partial charge in [-0.05, 0) is 13.8 Å². The molecule has 5 N–H and O–H groups in total. The van der Waals surface area contributed by atoms with Crippen LogP contribution in [0.25, 0.3) is 0 Å². The summed E-state index contributed by atoms with van der Waals surface area (Å²) in [5.41, 5.74) is 10.9. The molecule has 0 radical (unpaired) electrons. The minimum absolute atomic E-state index is 0.0392. The van der Waals surface area contributed by atoms with E-state index in [1.54, 1.807) is 13.8 Å². The maximum atomic E-state index is 9.37. The van der Waals surface area contributed by atoms with Crippen molar-refractivity contribution in [1.29, 1.82) is 0 Å². The third-order valence-corrected chi connectivity index (χ3v) is 1.94. The van der Waals surface area contributed by atoms with Gasteiger partial charge in [0.2, 0.25) is 24.3 Å². The van der Waals surface area contributed by atoms with Crippen molar-refractivity contribution in [3.8, 4) is 0 Å². The molecule has 0 amide bonds. The molecule has 0 aliphatic heterocycles. The standard InChI is InChI=1S/C9H18N6O3/c1-3-17-9(18-4-2)15(5-16)8-13-6(10)12-7(11)14-8/h9,16H,3-5H2,1-2H3,(H4,10,11,12,13,14). The molecule has 0 bridgehead atoms. The largest absolute Gasteiger partial charge is 0.376 e. The molecule has 9 heteroatoms. The van der Waals surface area contributed by atoms with Gasteiger partial charge in [-0.3, -0.25) is 4.90 Å². The van der Waals surface area contributed by atoms with Crippen molar-refractivity contribution in [1.82, 2.24) is 15.0 Å². The Kier molecular flexibility index (Phi) is 5.49. The summed E-state index contributed by atoms with van der Waals surface area (Å²) < 4.78 is 10.7. The van der Waals surface area contributed by atoms with Gasteiger partial charge in [-0.25, -0.2) is 0 Å². The Bertz CT molecular complexity index is 351. The van der Waals surface area contributed by atoms with E-state index in [1.807, 2.05) is 0 Å². The van der Waals surface area contributed by atoms with Crippen LogP contribution < -0.4 is 16.4 Å². The summed E-state index contributed by atoms with van der Waals surface area (Å²) in [6.07, 6.45) is -0.814. The van der Waals surface area contributed by atoms with Gasteiger partial charge >= 0.3 is 0 Å². The fourth-order valence-electron chi connectivity index (χ4n) is 1.26. The summed E-state index contributed by atoms with van der Waals surface area (Å²) in [6, 6.07) is 0. The smallest absolute Gasteiger partial charge is 0.244 e. The molecule has 0 spiro atoms. The molecule has 18 heavy (non-hydrogen) atoms. The molecular weight excluding hydrogens is 240 g/mol. The Morgan fingerprint density at radius 1 is 1.11 bits per heavy atom. The number of hydrogen-bond donors (Lipinski definition) is 3. The average Bonchev–Trinajstić information content (AvgIpc) is 2.29. The number of rotatable bonds is 7. The predicted octanol–water partition coefficient (Wildman–Crippen LogP) is -0.851. The monoisotopic (exact) mass is 258 g/mol. The molecule has 0 aliphatic carbocycles. The van der Waals surface area contributed by atoms with E-state index in [2.05, 4.69) is 15.0 Å². The van der Waals surface area contributed by atoms with Gasteiger partial charge in [-0.2, -0.15) is 15.0 Å². The average molecular weight is 258 g/mol. The number of nitrogens with two attached hydrogens (primary N) is 2. The van der Waals surface area contributed by atoms with Crippen molar-refractivity contribution in [2.24, 2.45) is 0 Å². The van der Waals surface area contributed by atoms with E-state index >= 15 is 0 Å². The second-order valence-electron chi connectivity index (χ2n) is 3.18. The summed E-state index contributed by atoms with van der Waals surface area (Å²) >= 11 is 0. The summed E-state index contributed by atoms with van der Waals surface area (Å²) in [4.78, 5) is 12.7. The van der Waals surface area contributed by atoms with Crippen LogP contribution in [0.1, 0.15) is 13.8 Å². The van der Waals surface area contributed by atoms with Crippen molar-refractivity contribution in [2.45, 2.75) is 20.3 Å². The lowest BCUT2D eigenvalue weighted by Gasteiger charge is -2.28. The molecule has 1 aromatic rings. The van der Waals surface area contributed by atoms with Crippen LogP contribution in [-0.2, 0) is 9.47 Å². The number of aliphatic hydroxyl groups is 1. The third kappa shape index (κ3) is 3.65.